The average molecular weight is 366 g/mol. The third-order valence-corrected chi connectivity index (χ3v) is 6.92. The second-order valence-corrected chi connectivity index (χ2v) is 8.48. The number of hydrogen-bond acceptors (Lipinski definition) is 4. The van der Waals surface area contributed by atoms with Crippen molar-refractivity contribution < 1.29 is 9.59 Å². The predicted molar refractivity (Wildman–Crippen MR) is 99.0 cm³/mol. The normalized spacial score (nSPS) is 29.5. The zero-order valence-corrected chi connectivity index (χ0v) is 15.9. The summed E-state index contributed by atoms with van der Waals surface area (Å²) in [6.07, 6.45) is 7.48. The summed E-state index contributed by atoms with van der Waals surface area (Å²) in [5.41, 5.74) is -0.328. The van der Waals surface area contributed by atoms with Gasteiger partial charge in [-0.15, -0.1) is 0 Å². The van der Waals surface area contributed by atoms with E-state index in [1.165, 1.54) is 0 Å². The fourth-order valence-corrected chi connectivity index (χ4v) is 5.20. The highest BCUT2D eigenvalue weighted by Gasteiger charge is 2.57. The predicted octanol–water partition coefficient (Wildman–Crippen LogP) is 2.36. The molecule has 0 unspecified atom stereocenters. The largest absolute Gasteiger partial charge is 0.340 e. The van der Waals surface area contributed by atoms with Crippen LogP contribution in [-0.2, 0) is 16.1 Å². The molecule has 1 spiro atoms. The summed E-state index contributed by atoms with van der Waals surface area (Å²) < 4.78 is 0. The molecule has 4 rings (SSSR count). The van der Waals surface area contributed by atoms with Crippen molar-refractivity contribution in [3.8, 4) is 6.07 Å². The van der Waals surface area contributed by atoms with Crippen molar-refractivity contribution in [3.63, 3.8) is 0 Å². The van der Waals surface area contributed by atoms with E-state index in [1.807, 2.05) is 21.9 Å². The van der Waals surface area contributed by atoms with Crippen LogP contribution >= 0.6 is 0 Å². The number of carbonyl (C=O) groups is 2. The minimum absolute atomic E-state index is 0.0512. The van der Waals surface area contributed by atoms with E-state index in [4.69, 9.17) is 0 Å². The Morgan fingerprint density at radius 3 is 2.81 bits per heavy atom. The summed E-state index contributed by atoms with van der Waals surface area (Å²) in [6, 6.07) is 6.17. The van der Waals surface area contributed by atoms with Gasteiger partial charge in [0.1, 0.15) is 5.41 Å². The van der Waals surface area contributed by atoms with Crippen molar-refractivity contribution in [2.24, 2.45) is 16.7 Å². The minimum atomic E-state index is -0.859. The number of carbonyl (C=O) groups excluding carboxylic acids is 2. The molecular formula is C21H26N4O2. The fraction of sp³-hybridized carbons (Fsp3) is 0.619. The number of rotatable bonds is 3. The van der Waals surface area contributed by atoms with Crippen molar-refractivity contribution in [2.45, 2.75) is 45.6 Å². The molecule has 0 N–H and O–H groups in total. The third-order valence-electron chi connectivity index (χ3n) is 6.92. The Hall–Kier alpha value is -2.42. The highest BCUT2D eigenvalue weighted by atomic mass is 16.2. The average Bonchev–Trinajstić information content (AvgIpc) is 3.38. The van der Waals surface area contributed by atoms with Gasteiger partial charge in [-0.3, -0.25) is 14.6 Å². The second kappa shape index (κ2) is 6.63. The van der Waals surface area contributed by atoms with Gasteiger partial charge < -0.3 is 9.80 Å². The zero-order valence-electron chi connectivity index (χ0n) is 15.9. The summed E-state index contributed by atoms with van der Waals surface area (Å²) in [5, 5.41) is 9.65. The molecule has 6 nitrogen and oxygen atoms in total. The Morgan fingerprint density at radius 1 is 1.37 bits per heavy atom. The molecule has 6 heteroatoms. The Morgan fingerprint density at radius 2 is 2.15 bits per heavy atom. The summed E-state index contributed by atoms with van der Waals surface area (Å²) in [7, 11) is 0. The Labute approximate surface area is 160 Å². The van der Waals surface area contributed by atoms with Gasteiger partial charge in [0, 0.05) is 38.6 Å². The van der Waals surface area contributed by atoms with Crippen molar-refractivity contribution in [2.75, 3.05) is 19.6 Å². The summed E-state index contributed by atoms with van der Waals surface area (Å²) in [5.74, 6) is 0.210. The van der Waals surface area contributed by atoms with Crippen LogP contribution in [0, 0.1) is 28.1 Å². The molecule has 0 aromatic carbocycles. The summed E-state index contributed by atoms with van der Waals surface area (Å²) in [4.78, 5) is 34.3. The molecule has 3 aliphatic rings. The van der Waals surface area contributed by atoms with Crippen LogP contribution in [0.25, 0.3) is 0 Å². The minimum Gasteiger partial charge on any atom is -0.340 e. The lowest BCUT2D eigenvalue weighted by molar-refractivity contribution is -0.140. The molecule has 1 aromatic rings. The van der Waals surface area contributed by atoms with Gasteiger partial charge in [0.25, 0.3) is 0 Å². The molecule has 1 aromatic heterocycles. The lowest BCUT2D eigenvalue weighted by Crippen LogP contribution is -2.43. The highest BCUT2D eigenvalue weighted by Crippen LogP contribution is 2.47. The molecule has 142 valence electrons. The number of aromatic nitrogens is 1. The Kier molecular flexibility index (Phi) is 4.41. The maximum absolute atomic E-state index is 13.3. The van der Waals surface area contributed by atoms with Crippen LogP contribution in [0.2, 0.25) is 0 Å². The van der Waals surface area contributed by atoms with Crippen LogP contribution in [-0.4, -0.2) is 46.2 Å². The smallest absolute Gasteiger partial charge is 0.243 e. The fourth-order valence-electron chi connectivity index (χ4n) is 5.20. The molecule has 2 amide bonds. The molecule has 1 aliphatic carbocycles. The van der Waals surface area contributed by atoms with E-state index < -0.39 is 10.8 Å². The number of nitrogens with zero attached hydrogens (tertiary/aromatic N) is 4. The van der Waals surface area contributed by atoms with Crippen LogP contribution in [0.1, 0.15) is 44.6 Å². The standard InChI is InChI=1S/C21H26N4O2/c1-16-12-25(18(26)20(14-22)6-2-3-7-20)15-21(16)8-10-24(19(21)27)13-17-5-4-9-23-11-17/h4-5,9,11,16H,2-3,6-8,10,12-13,15H2,1H3/t16-,21-/m1/s1. The van der Waals surface area contributed by atoms with Gasteiger partial charge >= 0.3 is 0 Å². The van der Waals surface area contributed by atoms with Crippen LogP contribution in [0.4, 0.5) is 0 Å². The van der Waals surface area contributed by atoms with Crippen molar-refractivity contribution in [1.29, 1.82) is 5.26 Å². The molecule has 27 heavy (non-hydrogen) atoms. The van der Waals surface area contributed by atoms with Crippen LogP contribution in [0.3, 0.4) is 0 Å². The third kappa shape index (κ3) is 2.80. The van der Waals surface area contributed by atoms with Crippen LogP contribution in [0.15, 0.2) is 24.5 Å². The number of likely N-dealkylation sites (tertiary alicyclic amines) is 2. The van der Waals surface area contributed by atoms with Crippen molar-refractivity contribution >= 4 is 11.8 Å². The lowest BCUT2D eigenvalue weighted by Gasteiger charge is -2.28. The van der Waals surface area contributed by atoms with Gasteiger partial charge in [0.15, 0.2) is 0 Å². The van der Waals surface area contributed by atoms with Crippen LogP contribution in [0.5, 0.6) is 0 Å². The molecule has 2 atom stereocenters. The number of amides is 2. The Balaban J connectivity index is 1.50. The summed E-state index contributed by atoms with van der Waals surface area (Å²) >= 11 is 0. The van der Waals surface area contributed by atoms with E-state index in [1.54, 1.807) is 12.4 Å². The van der Waals surface area contributed by atoms with Gasteiger partial charge in [-0.2, -0.15) is 5.26 Å². The molecule has 3 fully saturated rings. The second-order valence-electron chi connectivity index (χ2n) is 8.48. The topological polar surface area (TPSA) is 77.3 Å². The van der Waals surface area contributed by atoms with E-state index in [0.29, 0.717) is 39.0 Å². The van der Waals surface area contributed by atoms with E-state index in [9.17, 15) is 14.9 Å². The zero-order chi connectivity index (χ0) is 19.1. The first-order valence-corrected chi connectivity index (χ1v) is 9.90. The molecule has 0 bridgehead atoms. The maximum atomic E-state index is 13.3. The monoisotopic (exact) mass is 366 g/mol. The number of pyridine rings is 1. The molecule has 0 radical (unpaired) electrons. The first-order valence-electron chi connectivity index (χ1n) is 9.90. The molecule has 1 saturated carbocycles. The number of nitriles is 1. The van der Waals surface area contributed by atoms with Gasteiger partial charge in [0.2, 0.25) is 11.8 Å². The van der Waals surface area contributed by atoms with Gasteiger partial charge in [0.05, 0.1) is 11.5 Å². The molecule has 3 heterocycles. The highest BCUT2D eigenvalue weighted by molar-refractivity contribution is 5.90. The van der Waals surface area contributed by atoms with E-state index >= 15 is 0 Å². The SMILES string of the molecule is C[C@@H]1CN(C(=O)C2(C#N)CCCC2)C[C@]12CCN(Cc1cccnc1)C2=O. The first-order chi connectivity index (χ1) is 13.0. The first kappa shape index (κ1) is 18.0. The quantitative estimate of drug-likeness (QED) is 0.823. The Bertz CT molecular complexity index is 781. The van der Waals surface area contributed by atoms with Gasteiger partial charge in [-0.05, 0) is 36.8 Å². The molecule has 2 saturated heterocycles. The van der Waals surface area contributed by atoms with E-state index in [-0.39, 0.29) is 17.7 Å². The molecule has 2 aliphatic heterocycles. The van der Waals surface area contributed by atoms with E-state index in [0.717, 1.165) is 24.8 Å². The van der Waals surface area contributed by atoms with Gasteiger partial charge in [-0.25, -0.2) is 0 Å². The summed E-state index contributed by atoms with van der Waals surface area (Å²) in [6.45, 7) is 4.39. The van der Waals surface area contributed by atoms with Crippen molar-refractivity contribution in [1.82, 2.24) is 14.8 Å². The van der Waals surface area contributed by atoms with E-state index in [2.05, 4.69) is 18.0 Å². The number of hydrogen-bond donors (Lipinski definition) is 0. The van der Waals surface area contributed by atoms with Crippen molar-refractivity contribution in [3.05, 3.63) is 30.1 Å². The van der Waals surface area contributed by atoms with Crippen LogP contribution < -0.4 is 0 Å². The maximum Gasteiger partial charge on any atom is 0.243 e. The van der Waals surface area contributed by atoms with Gasteiger partial charge in [-0.1, -0.05) is 25.8 Å². The lowest BCUT2D eigenvalue weighted by atomic mass is 9.77. The molecular weight excluding hydrogens is 340 g/mol.